The van der Waals surface area contributed by atoms with E-state index in [2.05, 4.69) is 0 Å². The van der Waals surface area contributed by atoms with Crippen LogP contribution in [0.25, 0.3) is 0 Å². The molecule has 0 aliphatic rings. The van der Waals surface area contributed by atoms with Gasteiger partial charge in [0.05, 0.1) is 11.7 Å². The van der Waals surface area contributed by atoms with Gasteiger partial charge in [0, 0.05) is 11.6 Å². The molecule has 0 aliphatic heterocycles. The van der Waals surface area contributed by atoms with Crippen molar-refractivity contribution in [2.24, 2.45) is 5.73 Å². The van der Waals surface area contributed by atoms with Gasteiger partial charge < -0.3 is 10.8 Å². The fourth-order valence-corrected chi connectivity index (χ4v) is 1.36. The number of hydrogen-bond acceptors (Lipinski definition) is 2. The quantitative estimate of drug-likeness (QED) is 0.832. The third kappa shape index (κ3) is 2.84. The maximum atomic E-state index is 12.5. The molecule has 0 aliphatic carbocycles. The number of halogens is 4. The molecule has 84 valence electrons. The summed E-state index contributed by atoms with van der Waals surface area (Å²) in [6.45, 7) is -0.273. The second kappa shape index (κ2) is 4.38. The van der Waals surface area contributed by atoms with E-state index in [-0.39, 0.29) is 17.1 Å². The molecule has 0 unspecified atom stereocenters. The first-order chi connectivity index (χ1) is 6.86. The minimum absolute atomic E-state index is 0.0321. The fourth-order valence-electron chi connectivity index (χ4n) is 1.19. The number of hydrogen-bond donors (Lipinski definition) is 2. The van der Waals surface area contributed by atoms with E-state index in [0.29, 0.717) is 0 Å². The van der Waals surface area contributed by atoms with Crippen molar-refractivity contribution in [2.75, 3.05) is 6.54 Å². The molecular formula is C9H9ClF3NO. The van der Waals surface area contributed by atoms with E-state index in [1.165, 1.54) is 6.07 Å². The average Bonchev–Trinajstić information content (AvgIpc) is 2.15. The van der Waals surface area contributed by atoms with Crippen molar-refractivity contribution in [2.45, 2.75) is 12.3 Å². The molecule has 1 atom stereocenters. The van der Waals surface area contributed by atoms with E-state index in [1.54, 1.807) is 0 Å². The largest absolute Gasteiger partial charge is 0.416 e. The van der Waals surface area contributed by atoms with E-state index < -0.39 is 17.8 Å². The highest BCUT2D eigenvalue weighted by Crippen LogP contribution is 2.35. The Morgan fingerprint density at radius 3 is 2.47 bits per heavy atom. The summed E-state index contributed by atoms with van der Waals surface area (Å²) in [6.07, 6.45) is -5.88. The number of aliphatic hydroxyl groups excluding tert-OH is 1. The lowest BCUT2D eigenvalue weighted by atomic mass is 10.0. The Morgan fingerprint density at radius 1 is 1.40 bits per heavy atom. The Labute approximate surface area is 89.5 Å². The van der Waals surface area contributed by atoms with Crippen molar-refractivity contribution < 1.29 is 18.3 Å². The second-order valence-electron chi connectivity index (χ2n) is 2.98. The van der Waals surface area contributed by atoms with Crippen molar-refractivity contribution >= 4 is 11.6 Å². The minimum Gasteiger partial charge on any atom is -0.387 e. The van der Waals surface area contributed by atoms with Crippen LogP contribution in [-0.2, 0) is 6.18 Å². The van der Waals surface area contributed by atoms with Crippen LogP contribution in [0.4, 0.5) is 13.2 Å². The van der Waals surface area contributed by atoms with Crippen molar-refractivity contribution in [1.82, 2.24) is 0 Å². The molecule has 0 radical (unpaired) electrons. The lowest BCUT2D eigenvalue weighted by Gasteiger charge is -2.16. The van der Waals surface area contributed by atoms with Crippen LogP contribution in [0.2, 0.25) is 5.02 Å². The molecule has 15 heavy (non-hydrogen) atoms. The number of alkyl halides is 3. The topological polar surface area (TPSA) is 46.2 Å². The van der Waals surface area contributed by atoms with Crippen LogP contribution in [0, 0.1) is 0 Å². The van der Waals surface area contributed by atoms with Gasteiger partial charge in [-0.15, -0.1) is 0 Å². The molecule has 2 nitrogen and oxygen atoms in total. The smallest absolute Gasteiger partial charge is 0.387 e. The Kier molecular flexibility index (Phi) is 3.59. The van der Waals surface area contributed by atoms with Crippen LogP contribution in [0.15, 0.2) is 18.2 Å². The molecular weight excluding hydrogens is 231 g/mol. The van der Waals surface area contributed by atoms with Gasteiger partial charge in [0.15, 0.2) is 0 Å². The van der Waals surface area contributed by atoms with Gasteiger partial charge in [0.1, 0.15) is 0 Å². The molecule has 0 amide bonds. The highest BCUT2D eigenvalue weighted by Gasteiger charge is 2.34. The summed E-state index contributed by atoms with van der Waals surface area (Å²) in [7, 11) is 0. The van der Waals surface area contributed by atoms with Crippen molar-refractivity contribution in [3.05, 3.63) is 34.3 Å². The summed E-state index contributed by atoms with van der Waals surface area (Å²) in [6, 6.07) is 3.18. The predicted molar refractivity (Wildman–Crippen MR) is 50.5 cm³/mol. The van der Waals surface area contributed by atoms with Crippen LogP contribution < -0.4 is 5.73 Å². The lowest BCUT2D eigenvalue weighted by molar-refractivity contribution is -0.139. The highest BCUT2D eigenvalue weighted by atomic mass is 35.5. The minimum atomic E-state index is -4.55. The zero-order valence-corrected chi connectivity index (χ0v) is 8.31. The van der Waals surface area contributed by atoms with E-state index in [4.69, 9.17) is 17.3 Å². The zero-order chi connectivity index (χ0) is 11.6. The van der Waals surface area contributed by atoms with E-state index in [1.807, 2.05) is 0 Å². The van der Waals surface area contributed by atoms with E-state index in [0.717, 1.165) is 12.1 Å². The molecule has 0 saturated heterocycles. The number of nitrogens with two attached hydrogens (primary N) is 1. The Bertz CT molecular complexity index is 354. The molecule has 3 N–H and O–H groups in total. The second-order valence-corrected chi connectivity index (χ2v) is 3.42. The molecule has 0 fully saturated rings. The number of aliphatic hydroxyl groups is 1. The monoisotopic (exact) mass is 239 g/mol. The molecule has 0 saturated carbocycles. The highest BCUT2D eigenvalue weighted by molar-refractivity contribution is 6.30. The third-order valence-corrected chi connectivity index (χ3v) is 2.14. The van der Waals surface area contributed by atoms with Crippen LogP contribution in [0.3, 0.4) is 0 Å². The summed E-state index contributed by atoms with van der Waals surface area (Å²) < 4.78 is 37.5. The summed E-state index contributed by atoms with van der Waals surface area (Å²) in [4.78, 5) is 0. The first-order valence-electron chi connectivity index (χ1n) is 4.11. The predicted octanol–water partition coefficient (Wildman–Crippen LogP) is 2.35. The maximum absolute atomic E-state index is 12.5. The standard InChI is InChI=1S/C9H9ClF3NO/c10-5-1-2-6(8(15)4-14)7(3-5)9(11,12)13/h1-3,8,15H,4,14H2/t8-/m1/s1. The number of rotatable bonds is 2. The zero-order valence-electron chi connectivity index (χ0n) is 7.55. The number of benzene rings is 1. The molecule has 1 aromatic carbocycles. The molecule has 1 aromatic rings. The maximum Gasteiger partial charge on any atom is 0.416 e. The first kappa shape index (κ1) is 12.3. The van der Waals surface area contributed by atoms with Crippen LogP contribution in [-0.4, -0.2) is 11.7 Å². The fraction of sp³-hybridized carbons (Fsp3) is 0.333. The Hall–Kier alpha value is -0.780. The van der Waals surface area contributed by atoms with Crippen LogP contribution >= 0.6 is 11.6 Å². The summed E-state index contributed by atoms with van der Waals surface area (Å²) in [5.41, 5.74) is 3.90. The Balaban J connectivity index is 3.27. The van der Waals surface area contributed by atoms with Gasteiger partial charge in [-0.3, -0.25) is 0 Å². The first-order valence-corrected chi connectivity index (χ1v) is 4.49. The summed E-state index contributed by atoms with van der Waals surface area (Å²) in [5, 5.41) is 9.26. The van der Waals surface area contributed by atoms with Gasteiger partial charge in [0.2, 0.25) is 0 Å². The van der Waals surface area contributed by atoms with Gasteiger partial charge in [-0.05, 0) is 17.7 Å². The summed E-state index contributed by atoms with van der Waals surface area (Å²) in [5.74, 6) is 0. The average molecular weight is 240 g/mol. The van der Waals surface area contributed by atoms with Gasteiger partial charge in [-0.2, -0.15) is 13.2 Å². The van der Waals surface area contributed by atoms with E-state index >= 15 is 0 Å². The normalized spacial score (nSPS) is 14.0. The van der Waals surface area contributed by atoms with E-state index in [9.17, 15) is 18.3 Å². The molecule has 6 heteroatoms. The van der Waals surface area contributed by atoms with Gasteiger partial charge in [-0.1, -0.05) is 17.7 Å². The summed E-state index contributed by atoms with van der Waals surface area (Å²) >= 11 is 5.46. The molecule has 0 heterocycles. The SMILES string of the molecule is NC[C@@H](O)c1ccc(Cl)cc1C(F)(F)F. The molecule has 0 spiro atoms. The van der Waals surface area contributed by atoms with Crippen molar-refractivity contribution in [1.29, 1.82) is 0 Å². The van der Waals surface area contributed by atoms with Gasteiger partial charge in [0.25, 0.3) is 0 Å². The third-order valence-electron chi connectivity index (χ3n) is 1.90. The van der Waals surface area contributed by atoms with Crippen LogP contribution in [0.5, 0.6) is 0 Å². The Morgan fingerprint density at radius 2 is 2.00 bits per heavy atom. The van der Waals surface area contributed by atoms with Gasteiger partial charge >= 0.3 is 6.18 Å². The molecule has 0 bridgehead atoms. The molecule has 0 aromatic heterocycles. The van der Waals surface area contributed by atoms with Gasteiger partial charge in [-0.25, -0.2) is 0 Å². The van der Waals surface area contributed by atoms with Crippen molar-refractivity contribution in [3.63, 3.8) is 0 Å². The lowest BCUT2D eigenvalue weighted by Crippen LogP contribution is -2.17. The van der Waals surface area contributed by atoms with Crippen LogP contribution in [0.1, 0.15) is 17.2 Å². The molecule has 1 rings (SSSR count). The van der Waals surface area contributed by atoms with Crippen molar-refractivity contribution in [3.8, 4) is 0 Å².